The number of anilines is 6. The number of rotatable bonds is 10. The molecule has 0 atom stereocenters. The quantitative estimate of drug-likeness (QED) is 0.100. The summed E-state index contributed by atoms with van der Waals surface area (Å²) in [7, 11) is -2.85. The zero-order chi connectivity index (χ0) is 41.4. The van der Waals surface area contributed by atoms with Crippen molar-refractivity contribution in [3.63, 3.8) is 0 Å². The number of nitrogens with zero attached hydrogens (tertiary/aromatic N) is 2. The first kappa shape index (κ1) is 39.0. The molecule has 0 aliphatic heterocycles. The van der Waals surface area contributed by atoms with E-state index in [1.807, 2.05) is 0 Å². The third-order valence-electron chi connectivity index (χ3n) is 11.8. The molecule has 9 aromatic carbocycles. The molecule has 60 heavy (non-hydrogen) atoms. The van der Waals surface area contributed by atoms with Gasteiger partial charge in [-0.1, -0.05) is 183 Å². The molecule has 0 heterocycles. The summed E-state index contributed by atoms with van der Waals surface area (Å²) in [6, 6.07) is 76.0. The SMILES string of the molecule is C[Si](C)(C)c1ccc(N(c2ccccc2)c2ccc(-c3c4ccccc4c(-c4ccc(N(c5ccccc5)c5ccc([Si](C)(C)C)cc5)cc4)c4ccccc34)cc2)cc1. The topological polar surface area (TPSA) is 6.48 Å². The van der Waals surface area contributed by atoms with E-state index < -0.39 is 16.1 Å². The van der Waals surface area contributed by atoms with Crippen LogP contribution in [0, 0.1) is 0 Å². The van der Waals surface area contributed by atoms with Crippen LogP contribution in [0.4, 0.5) is 34.1 Å². The number of hydrogen-bond donors (Lipinski definition) is 0. The Balaban J connectivity index is 1.13. The van der Waals surface area contributed by atoms with Gasteiger partial charge in [-0.05, 0) is 117 Å². The molecule has 0 aliphatic carbocycles. The number of para-hydroxylation sites is 2. The van der Waals surface area contributed by atoms with E-state index >= 15 is 0 Å². The van der Waals surface area contributed by atoms with E-state index in [0.29, 0.717) is 0 Å². The van der Waals surface area contributed by atoms with Gasteiger partial charge in [0, 0.05) is 34.1 Å². The lowest BCUT2D eigenvalue weighted by atomic mass is 9.86. The first-order valence-corrected chi connectivity index (χ1v) is 28.1. The van der Waals surface area contributed by atoms with Crippen molar-refractivity contribution in [3.8, 4) is 22.3 Å². The lowest BCUT2D eigenvalue weighted by Crippen LogP contribution is -2.37. The number of benzene rings is 9. The van der Waals surface area contributed by atoms with Gasteiger partial charge in [-0.25, -0.2) is 0 Å². The van der Waals surface area contributed by atoms with Crippen LogP contribution in [-0.2, 0) is 0 Å². The third kappa shape index (κ3) is 7.61. The maximum Gasteiger partial charge on any atom is 0.0775 e. The highest BCUT2D eigenvalue weighted by molar-refractivity contribution is 6.89. The van der Waals surface area contributed by atoms with Crippen LogP contribution in [0.5, 0.6) is 0 Å². The second kappa shape index (κ2) is 15.9. The molecule has 9 rings (SSSR count). The Bertz CT molecular complexity index is 2630. The van der Waals surface area contributed by atoms with E-state index in [2.05, 4.69) is 255 Å². The van der Waals surface area contributed by atoms with Crippen molar-refractivity contribution in [1.82, 2.24) is 0 Å². The normalized spacial score (nSPS) is 11.8. The molecule has 294 valence electrons. The summed E-state index contributed by atoms with van der Waals surface area (Å²) < 4.78 is 0. The molecular weight excluding hydrogens is 757 g/mol. The smallest absolute Gasteiger partial charge is 0.0775 e. The highest BCUT2D eigenvalue weighted by Crippen LogP contribution is 2.45. The maximum absolute atomic E-state index is 2.40. The van der Waals surface area contributed by atoms with Crippen LogP contribution in [-0.4, -0.2) is 16.1 Å². The van der Waals surface area contributed by atoms with E-state index in [0.717, 1.165) is 34.1 Å². The molecule has 4 heteroatoms. The van der Waals surface area contributed by atoms with Gasteiger partial charge in [-0.15, -0.1) is 0 Å². The van der Waals surface area contributed by atoms with Crippen LogP contribution in [0.25, 0.3) is 43.8 Å². The molecule has 0 bridgehead atoms. The molecule has 0 amide bonds. The standard InChI is InChI=1S/C56H52N2Si2/c1-59(2,3)49-37-33-47(34-38-49)57(43-17-9-7-10-18-43)45-29-25-41(26-30-45)55-51-21-13-15-23-53(51)56(54-24-16-14-22-52(54)55)42-27-31-46(32-28-42)58(44-19-11-8-12-20-44)48-35-39-50(40-36-48)60(4,5)6/h7-40H,1-6H3. The molecule has 0 unspecified atom stereocenters. The molecule has 0 saturated carbocycles. The van der Waals surface area contributed by atoms with Crippen LogP contribution in [0.2, 0.25) is 39.3 Å². The molecule has 0 N–H and O–H groups in total. The largest absolute Gasteiger partial charge is 0.311 e. The average Bonchev–Trinajstić information content (AvgIpc) is 3.27. The Morgan fingerprint density at radius 3 is 0.750 bits per heavy atom. The molecule has 9 aromatic rings. The van der Waals surface area contributed by atoms with Gasteiger partial charge in [-0.3, -0.25) is 0 Å². The van der Waals surface area contributed by atoms with Crippen LogP contribution in [0.15, 0.2) is 206 Å². The maximum atomic E-state index is 2.40. The monoisotopic (exact) mass is 808 g/mol. The van der Waals surface area contributed by atoms with Crippen LogP contribution < -0.4 is 20.2 Å². The van der Waals surface area contributed by atoms with Crippen molar-refractivity contribution >= 4 is 82.2 Å². The molecule has 0 spiro atoms. The first-order chi connectivity index (χ1) is 29.0. The van der Waals surface area contributed by atoms with Gasteiger partial charge >= 0.3 is 0 Å². The summed E-state index contributed by atoms with van der Waals surface area (Å²) in [5.74, 6) is 0. The fourth-order valence-corrected chi connectivity index (χ4v) is 10.9. The highest BCUT2D eigenvalue weighted by atomic mass is 28.3. The fraction of sp³-hybridized carbons (Fsp3) is 0.107. The molecule has 0 aliphatic rings. The van der Waals surface area contributed by atoms with E-state index in [1.165, 1.54) is 54.2 Å². The summed E-state index contributed by atoms with van der Waals surface area (Å²) in [6.45, 7) is 14.4. The van der Waals surface area contributed by atoms with Crippen molar-refractivity contribution in [2.45, 2.75) is 39.3 Å². The molecule has 2 nitrogen and oxygen atoms in total. The van der Waals surface area contributed by atoms with Crippen LogP contribution >= 0.6 is 0 Å². The van der Waals surface area contributed by atoms with Gasteiger partial charge in [-0.2, -0.15) is 0 Å². The van der Waals surface area contributed by atoms with Gasteiger partial charge in [0.25, 0.3) is 0 Å². The minimum Gasteiger partial charge on any atom is -0.311 e. The van der Waals surface area contributed by atoms with Gasteiger partial charge in [0.15, 0.2) is 0 Å². The first-order valence-electron chi connectivity index (χ1n) is 21.1. The predicted molar refractivity (Wildman–Crippen MR) is 268 cm³/mol. The minimum atomic E-state index is -1.42. The Morgan fingerprint density at radius 2 is 0.483 bits per heavy atom. The summed E-state index contributed by atoms with van der Waals surface area (Å²) in [4.78, 5) is 4.73. The Morgan fingerprint density at radius 1 is 0.250 bits per heavy atom. The Kier molecular flexibility index (Phi) is 10.4. The third-order valence-corrected chi connectivity index (χ3v) is 15.9. The van der Waals surface area contributed by atoms with Crippen molar-refractivity contribution in [1.29, 1.82) is 0 Å². The van der Waals surface area contributed by atoms with E-state index in [9.17, 15) is 0 Å². The Labute approximate surface area is 358 Å². The van der Waals surface area contributed by atoms with Gasteiger partial charge in [0.2, 0.25) is 0 Å². The second-order valence-electron chi connectivity index (χ2n) is 17.9. The summed E-state index contributed by atoms with van der Waals surface area (Å²) >= 11 is 0. The lowest BCUT2D eigenvalue weighted by molar-refractivity contribution is 1.28. The van der Waals surface area contributed by atoms with Crippen molar-refractivity contribution in [2.24, 2.45) is 0 Å². The molecule has 0 saturated heterocycles. The average molecular weight is 809 g/mol. The summed E-state index contributed by atoms with van der Waals surface area (Å²) in [6.07, 6.45) is 0. The second-order valence-corrected chi connectivity index (χ2v) is 28.0. The minimum absolute atomic E-state index is 1.13. The lowest BCUT2D eigenvalue weighted by Gasteiger charge is -2.27. The van der Waals surface area contributed by atoms with Gasteiger partial charge < -0.3 is 9.80 Å². The van der Waals surface area contributed by atoms with Crippen LogP contribution in [0.3, 0.4) is 0 Å². The van der Waals surface area contributed by atoms with Crippen molar-refractivity contribution in [2.75, 3.05) is 9.80 Å². The van der Waals surface area contributed by atoms with Gasteiger partial charge in [0.05, 0.1) is 16.1 Å². The Hall–Kier alpha value is -6.47. The van der Waals surface area contributed by atoms with Gasteiger partial charge in [0.1, 0.15) is 0 Å². The summed E-state index contributed by atoms with van der Waals surface area (Å²) in [5.41, 5.74) is 11.8. The predicted octanol–water partition coefficient (Wildman–Crippen LogP) is 15.4. The zero-order valence-electron chi connectivity index (χ0n) is 35.5. The zero-order valence-corrected chi connectivity index (χ0v) is 37.5. The molecule has 0 aromatic heterocycles. The van der Waals surface area contributed by atoms with E-state index in [1.54, 1.807) is 0 Å². The number of hydrogen-bond acceptors (Lipinski definition) is 2. The highest BCUT2D eigenvalue weighted by Gasteiger charge is 2.21. The molecule has 0 fully saturated rings. The van der Waals surface area contributed by atoms with Crippen molar-refractivity contribution in [3.05, 3.63) is 206 Å². The van der Waals surface area contributed by atoms with Crippen molar-refractivity contribution < 1.29 is 0 Å². The van der Waals surface area contributed by atoms with E-state index in [4.69, 9.17) is 0 Å². The fourth-order valence-electron chi connectivity index (χ4n) is 8.57. The van der Waals surface area contributed by atoms with E-state index in [-0.39, 0.29) is 0 Å². The molecular formula is C56H52N2Si2. The molecule has 0 radical (unpaired) electrons. The van der Waals surface area contributed by atoms with Crippen LogP contribution in [0.1, 0.15) is 0 Å². The summed E-state index contributed by atoms with van der Waals surface area (Å²) in [5, 5.41) is 7.92. The number of fused-ring (bicyclic) bond motifs is 2.